The minimum absolute atomic E-state index is 0.114. The van der Waals surface area contributed by atoms with E-state index in [-0.39, 0.29) is 12.0 Å². The average molecular weight is 275 g/mol. The number of benzene rings is 1. The van der Waals surface area contributed by atoms with Crippen molar-refractivity contribution in [2.45, 2.75) is 52.1 Å². The van der Waals surface area contributed by atoms with Crippen LogP contribution in [-0.2, 0) is 11.2 Å². The minimum Gasteiger partial charge on any atom is -0.481 e. The van der Waals surface area contributed by atoms with Crippen molar-refractivity contribution < 1.29 is 9.90 Å². The zero-order valence-corrected chi connectivity index (χ0v) is 12.7. The SMILES string of the molecule is CCc1ccc(C(CC)N2CCC(C(=O)O)C2C)cc1. The molecule has 3 atom stereocenters. The van der Waals surface area contributed by atoms with Gasteiger partial charge < -0.3 is 5.11 Å². The molecule has 0 saturated carbocycles. The first-order chi connectivity index (χ1) is 9.58. The standard InChI is InChI=1S/C17H25NO2/c1-4-13-6-8-14(9-7-13)16(5-2)18-11-10-15(12(18)3)17(19)20/h6-9,12,15-16H,4-5,10-11H2,1-3H3,(H,19,20). The monoisotopic (exact) mass is 275 g/mol. The van der Waals surface area contributed by atoms with E-state index in [0.717, 1.165) is 25.8 Å². The summed E-state index contributed by atoms with van der Waals surface area (Å²) in [5.41, 5.74) is 2.66. The highest BCUT2D eigenvalue weighted by molar-refractivity contribution is 5.71. The molecule has 0 spiro atoms. The van der Waals surface area contributed by atoms with E-state index in [1.54, 1.807) is 0 Å². The van der Waals surface area contributed by atoms with Crippen LogP contribution in [0.5, 0.6) is 0 Å². The first-order valence-corrected chi connectivity index (χ1v) is 7.65. The van der Waals surface area contributed by atoms with Crippen LogP contribution in [0.15, 0.2) is 24.3 Å². The average Bonchev–Trinajstić information content (AvgIpc) is 2.83. The van der Waals surface area contributed by atoms with Crippen molar-refractivity contribution in [3.05, 3.63) is 35.4 Å². The van der Waals surface area contributed by atoms with Gasteiger partial charge in [0.25, 0.3) is 0 Å². The third-order valence-corrected chi connectivity index (χ3v) is 4.68. The molecule has 1 fully saturated rings. The highest BCUT2D eigenvalue weighted by Crippen LogP contribution is 2.34. The minimum atomic E-state index is -0.656. The van der Waals surface area contributed by atoms with Gasteiger partial charge in [0.1, 0.15) is 0 Å². The Hall–Kier alpha value is -1.35. The number of likely N-dealkylation sites (tertiary alicyclic amines) is 1. The Kier molecular flexibility index (Phi) is 4.81. The van der Waals surface area contributed by atoms with Crippen LogP contribution in [-0.4, -0.2) is 28.6 Å². The summed E-state index contributed by atoms with van der Waals surface area (Å²) in [6.07, 6.45) is 2.83. The first kappa shape index (κ1) is 15.0. The molecule has 1 heterocycles. The number of aliphatic carboxylic acids is 1. The lowest BCUT2D eigenvalue weighted by molar-refractivity contribution is -0.142. The summed E-state index contributed by atoms with van der Waals surface area (Å²) in [7, 11) is 0. The molecule has 3 nitrogen and oxygen atoms in total. The molecule has 20 heavy (non-hydrogen) atoms. The number of aryl methyl sites for hydroxylation is 1. The summed E-state index contributed by atoms with van der Waals surface area (Å²) in [5, 5.41) is 9.27. The summed E-state index contributed by atoms with van der Waals surface area (Å²) < 4.78 is 0. The lowest BCUT2D eigenvalue weighted by atomic mass is 9.98. The van der Waals surface area contributed by atoms with Crippen molar-refractivity contribution in [3.8, 4) is 0 Å². The van der Waals surface area contributed by atoms with E-state index in [1.165, 1.54) is 11.1 Å². The van der Waals surface area contributed by atoms with Gasteiger partial charge in [-0.05, 0) is 43.9 Å². The predicted molar refractivity (Wildman–Crippen MR) is 80.8 cm³/mol. The van der Waals surface area contributed by atoms with Crippen LogP contribution in [0.2, 0.25) is 0 Å². The number of carbonyl (C=O) groups is 1. The van der Waals surface area contributed by atoms with Gasteiger partial charge >= 0.3 is 5.97 Å². The summed E-state index contributed by atoms with van der Waals surface area (Å²) in [5.74, 6) is -0.879. The lowest BCUT2D eigenvalue weighted by Crippen LogP contribution is -2.35. The Labute approximate surface area is 121 Å². The van der Waals surface area contributed by atoms with Gasteiger partial charge in [-0.25, -0.2) is 0 Å². The van der Waals surface area contributed by atoms with Crippen molar-refractivity contribution in [2.24, 2.45) is 5.92 Å². The van der Waals surface area contributed by atoms with Crippen LogP contribution in [0.1, 0.15) is 50.8 Å². The molecule has 0 bridgehead atoms. The second kappa shape index (κ2) is 6.40. The molecule has 0 amide bonds. The summed E-state index contributed by atoms with van der Waals surface area (Å²) in [4.78, 5) is 13.6. The third kappa shape index (κ3) is 2.88. The van der Waals surface area contributed by atoms with Crippen molar-refractivity contribution in [1.29, 1.82) is 0 Å². The third-order valence-electron chi connectivity index (χ3n) is 4.68. The van der Waals surface area contributed by atoms with Gasteiger partial charge in [0.2, 0.25) is 0 Å². The van der Waals surface area contributed by atoms with Crippen molar-refractivity contribution >= 4 is 5.97 Å². The van der Waals surface area contributed by atoms with E-state index in [4.69, 9.17) is 0 Å². The first-order valence-electron chi connectivity index (χ1n) is 7.65. The van der Waals surface area contributed by atoms with E-state index in [0.29, 0.717) is 6.04 Å². The van der Waals surface area contributed by atoms with E-state index in [1.807, 2.05) is 0 Å². The molecule has 110 valence electrons. The quantitative estimate of drug-likeness (QED) is 0.894. The molecular formula is C17H25NO2. The fourth-order valence-corrected chi connectivity index (χ4v) is 3.37. The summed E-state index contributed by atoms with van der Waals surface area (Å²) in [6, 6.07) is 9.23. The maximum atomic E-state index is 11.3. The normalized spacial score (nSPS) is 24.8. The van der Waals surface area contributed by atoms with Gasteiger partial charge in [-0.15, -0.1) is 0 Å². The molecule has 1 aromatic carbocycles. The Morgan fingerprint density at radius 2 is 2.00 bits per heavy atom. The van der Waals surface area contributed by atoms with Crippen LogP contribution < -0.4 is 0 Å². The van der Waals surface area contributed by atoms with Crippen LogP contribution in [0.25, 0.3) is 0 Å². The smallest absolute Gasteiger partial charge is 0.308 e. The van der Waals surface area contributed by atoms with Gasteiger partial charge in [-0.1, -0.05) is 38.1 Å². The van der Waals surface area contributed by atoms with Crippen molar-refractivity contribution in [3.63, 3.8) is 0 Å². The molecule has 3 unspecified atom stereocenters. The summed E-state index contributed by atoms with van der Waals surface area (Å²) >= 11 is 0. The van der Waals surface area contributed by atoms with Gasteiger partial charge in [0, 0.05) is 12.1 Å². The number of nitrogens with zero attached hydrogens (tertiary/aromatic N) is 1. The van der Waals surface area contributed by atoms with Crippen LogP contribution >= 0.6 is 0 Å². The lowest BCUT2D eigenvalue weighted by Gasteiger charge is -2.32. The van der Waals surface area contributed by atoms with Crippen molar-refractivity contribution in [1.82, 2.24) is 4.90 Å². The number of rotatable bonds is 5. The van der Waals surface area contributed by atoms with Gasteiger partial charge in [-0.2, -0.15) is 0 Å². The molecule has 2 rings (SSSR count). The highest BCUT2D eigenvalue weighted by Gasteiger charge is 2.38. The molecular weight excluding hydrogens is 250 g/mol. The second-order valence-electron chi connectivity index (χ2n) is 5.73. The Bertz CT molecular complexity index is 455. The van der Waals surface area contributed by atoms with Crippen molar-refractivity contribution in [2.75, 3.05) is 6.54 Å². The van der Waals surface area contributed by atoms with Crippen LogP contribution in [0, 0.1) is 5.92 Å². The molecule has 1 saturated heterocycles. The number of carboxylic acid groups (broad SMARTS) is 1. The molecule has 1 aromatic rings. The fourth-order valence-electron chi connectivity index (χ4n) is 3.37. The largest absolute Gasteiger partial charge is 0.481 e. The number of hydrogen-bond acceptors (Lipinski definition) is 2. The van der Waals surface area contributed by atoms with E-state index in [9.17, 15) is 9.90 Å². The molecule has 0 radical (unpaired) electrons. The molecule has 3 heteroatoms. The van der Waals surface area contributed by atoms with E-state index < -0.39 is 5.97 Å². The van der Waals surface area contributed by atoms with Gasteiger partial charge in [-0.3, -0.25) is 9.69 Å². The molecule has 0 aromatic heterocycles. The molecule has 1 aliphatic heterocycles. The van der Waals surface area contributed by atoms with Gasteiger partial charge in [0.15, 0.2) is 0 Å². The zero-order chi connectivity index (χ0) is 14.7. The predicted octanol–water partition coefficient (Wildman–Crippen LogP) is 3.50. The van der Waals surface area contributed by atoms with Crippen LogP contribution in [0.3, 0.4) is 0 Å². The molecule has 1 N–H and O–H groups in total. The Balaban J connectivity index is 2.17. The summed E-state index contributed by atoms with van der Waals surface area (Å²) in [6.45, 7) is 7.27. The number of carboxylic acids is 1. The molecule has 0 aliphatic carbocycles. The van der Waals surface area contributed by atoms with Crippen LogP contribution in [0.4, 0.5) is 0 Å². The van der Waals surface area contributed by atoms with Gasteiger partial charge in [0.05, 0.1) is 5.92 Å². The molecule has 1 aliphatic rings. The number of hydrogen-bond donors (Lipinski definition) is 1. The fraction of sp³-hybridized carbons (Fsp3) is 0.588. The topological polar surface area (TPSA) is 40.5 Å². The Morgan fingerprint density at radius 1 is 1.35 bits per heavy atom. The maximum absolute atomic E-state index is 11.3. The van der Waals surface area contributed by atoms with E-state index in [2.05, 4.69) is 49.9 Å². The zero-order valence-electron chi connectivity index (χ0n) is 12.7. The maximum Gasteiger partial charge on any atom is 0.308 e. The second-order valence-corrected chi connectivity index (χ2v) is 5.73. The van der Waals surface area contributed by atoms with E-state index >= 15 is 0 Å². The Morgan fingerprint density at radius 3 is 2.45 bits per heavy atom. The highest BCUT2D eigenvalue weighted by atomic mass is 16.4.